The van der Waals surface area contributed by atoms with Crippen LogP contribution in [0.25, 0.3) is 5.57 Å². The Bertz CT molecular complexity index is 1160. The minimum atomic E-state index is -0.748. The van der Waals surface area contributed by atoms with Gasteiger partial charge in [0.15, 0.2) is 5.78 Å². The van der Waals surface area contributed by atoms with Crippen molar-refractivity contribution in [1.29, 1.82) is 0 Å². The van der Waals surface area contributed by atoms with Crippen LogP contribution in [-0.2, 0) is 9.59 Å². The van der Waals surface area contributed by atoms with Gasteiger partial charge in [0.2, 0.25) is 11.8 Å². The Balaban J connectivity index is 1.68. The maximum atomic E-state index is 13.9. The minimum Gasteiger partial charge on any atom is -0.352 e. The molecule has 2 aromatic rings. The van der Waals surface area contributed by atoms with E-state index in [1.54, 1.807) is 24.3 Å². The molecule has 2 saturated heterocycles. The first kappa shape index (κ1) is 21.0. The molecule has 0 aliphatic carbocycles. The molecule has 3 aliphatic rings. The number of hydrogen-bond donors (Lipinski definition) is 0. The molecule has 5 rings (SSSR count). The fourth-order valence-electron chi connectivity index (χ4n) is 5.52. The highest BCUT2D eigenvalue weighted by Gasteiger charge is 2.64. The highest BCUT2D eigenvalue weighted by molar-refractivity contribution is 6.30. The Morgan fingerprint density at radius 2 is 1.69 bits per heavy atom. The van der Waals surface area contributed by atoms with Crippen LogP contribution in [0.5, 0.6) is 0 Å². The highest BCUT2D eigenvalue weighted by Crippen LogP contribution is 2.50. The number of rotatable bonds is 4. The molecule has 3 heterocycles. The van der Waals surface area contributed by atoms with Crippen molar-refractivity contribution >= 4 is 40.5 Å². The average Bonchev–Trinajstić information content (AvgIpc) is 3.26. The van der Waals surface area contributed by atoms with Gasteiger partial charge in [-0.05, 0) is 56.2 Å². The average molecular weight is 449 g/mol. The Hall–Kier alpha value is -2.92. The van der Waals surface area contributed by atoms with Crippen LogP contribution in [0, 0.1) is 11.8 Å². The Labute approximate surface area is 192 Å². The lowest BCUT2D eigenvalue weighted by molar-refractivity contribution is -0.142. The number of likely N-dealkylation sites (tertiary alicyclic amines) is 1. The molecule has 3 aliphatic heterocycles. The molecule has 6 heteroatoms. The van der Waals surface area contributed by atoms with Crippen molar-refractivity contribution < 1.29 is 14.4 Å². The molecule has 0 unspecified atom stereocenters. The number of carbonyl (C=O) groups is 3. The first-order valence-corrected chi connectivity index (χ1v) is 11.5. The van der Waals surface area contributed by atoms with Crippen molar-refractivity contribution in [2.24, 2.45) is 11.8 Å². The third kappa shape index (κ3) is 2.87. The second-order valence-electron chi connectivity index (χ2n) is 8.94. The van der Waals surface area contributed by atoms with E-state index in [0.717, 1.165) is 16.8 Å². The zero-order valence-corrected chi connectivity index (χ0v) is 19.0. The quantitative estimate of drug-likeness (QED) is 0.506. The monoisotopic (exact) mass is 448 g/mol. The second-order valence-corrected chi connectivity index (χ2v) is 9.37. The van der Waals surface area contributed by atoms with Crippen molar-refractivity contribution in [2.45, 2.75) is 45.3 Å². The third-order valence-electron chi connectivity index (χ3n) is 7.22. The van der Waals surface area contributed by atoms with Gasteiger partial charge in [-0.25, -0.2) is 0 Å². The van der Waals surface area contributed by atoms with Crippen LogP contribution in [0.1, 0.15) is 43.1 Å². The molecular weight excluding hydrogens is 424 g/mol. The summed E-state index contributed by atoms with van der Waals surface area (Å²) >= 11 is 6.04. The van der Waals surface area contributed by atoms with Gasteiger partial charge < -0.3 is 4.90 Å². The third-order valence-corrected chi connectivity index (χ3v) is 7.47. The molecule has 0 N–H and O–H groups in total. The fourth-order valence-corrected chi connectivity index (χ4v) is 5.65. The van der Waals surface area contributed by atoms with Crippen molar-refractivity contribution in [1.82, 2.24) is 4.90 Å². The van der Waals surface area contributed by atoms with Gasteiger partial charge in [-0.2, -0.15) is 0 Å². The fraction of sp³-hybridized carbons (Fsp3) is 0.346. The predicted molar refractivity (Wildman–Crippen MR) is 125 cm³/mol. The zero-order valence-electron chi connectivity index (χ0n) is 18.3. The number of allylic oxidation sites excluding steroid dienone is 1. The van der Waals surface area contributed by atoms with E-state index in [1.165, 1.54) is 4.90 Å². The summed E-state index contributed by atoms with van der Waals surface area (Å²) in [6.07, 6.45) is 2.74. The van der Waals surface area contributed by atoms with E-state index in [4.69, 9.17) is 11.6 Å². The van der Waals surface area contributed by atoms with Crippen LogP contribution in [0.2, 0.25) is 5.02 Å². The van der Waals surface area contributed by atoms with Crippen LogP contribution >= 0.6 is 11.6 Å². The maximum Gasteiger partial charge on any atom is 0.236 e. The Morgan fingerprint density at radius 3 is 2.38 bits per heavy atom. The number of para-hydroxylation sites is 1. The van der Waals surface area contributed by atoms with Gasteiger partial charge in [0.25, 0.3) is 0 Å². The van der Waals surface area contributed by atoms with Crippen molar-refractivity contribution in [3.05, 3.63) is 70.8 Å². The Kier molecular flexibility index (Phi) is 4.97. The van der Waals surface area contributed by atoms with Crippen LogP contribution in [0.3, 0.4) is 0 Å². The molecule has 32 heavy (non-hydrogen) atoms. The second kappa shape index (κ2) is 7.59. The lowest BCUT2D eigenvalue weighted by atomic mass is 9.85. The molecule has 5 atom stereocenters. The van der Waals surface area contributed by atoms with Gasteiger partial charge in [0, 0.05) is 27.9 Å². The molecular formula is C26H25ClN2O3. The normalized spacial score (nSPS) is 27.1. The lowest BCUT2D eigenvalue weighted by Gasteiger charge is -2.38. The molecule has 2 amide bonds. The lowest BCUT2D eigenvalue weighted by Crippen LogP contribution is -2.50. The van der Waals surface area contributed by atoms with Crippen LogP contribution in [-0.4, -0.2) is 40.6 Å². The molecule has 0 saturated carbocycles. The zero-order chi connectivity index (χ0) is 22.7. The standard InChI is InChI=1S/C26H25ClN2O3/c1-4-15(3)28-25(31)21-20-13-14(2)18-7-5-6-8-19(18)29(20)23(22(21)26(28)32)24(30)16-9-11-17(27)12-10-16/h5-13,15,20-23H,4H2,1-3H3/t15-,20+,21+,22+,23+/m0/s1. The maximum absolute atomic E-state index is 13.9. The number of nitrogens with zero attached hydrogens (tertiary/aromatic N) is 2. The van der Waals surface area contributed by atoms with E-state index in [1.807, 2.05) is 49.9 Å². The SMILES string of the molecule is CC[C@H](C)N1C(=O)[C@@H]2[C@H](C1=O)[C@H]1C=C(C)c3ccccc3N1[C@H]2C(=O)c1ccc(Cl)cc1. The van der Waals surface area contributed by atoms with Gasteiger partial charge in [0.05, 0.1) is 17.9 Å². The number of amides is 2. The number of benzene rings is 2. The molecule has 5 nitrogen and oxygen atoms in total. The predicted octanol–water partition coefficient (Wildman–Crippen LogP) is 4.60. The Morgan fingerprint density at radius 1 is 1.03 bits per heavy atom. The summed E-state index contributed by atoms with van der Waals surface area (Å²) in [5.74, 6) is -1.84. The molecule has 2 aromatic carbocycles. The van der Waals surface area contributed by atoms with E-state index in [2.05, 4.69) is 6.08 Å². The van der Waals surface area contributed by atoms with Gasteiger partial charge in [0.1, 0.15) is 6.04 Å². The highest BCUT2D eigenvalue weighted by atomic mass is 35.5. The number of carbonyl (C=O) groups excluding carboxylic acids is 3. The van der Waals surface area contributed by atoms with Crippen molar-refractivity contribution in [3.63, 3.8) is 0 Å². The number of ketones is 1. The summed E-state index contributed by atoms with van der Waals surface area (Å²) in [6, 6.07) is 13.4. The molecule has 0 spiro atoms. The van der Waals surface area contributed by atoms with Crippen molar-refractivity contribution in [3.8, 4) is 0 Å². The summed E-state index contributed by atoms with van der Waals surface area (Å²) in [5, 5.41) is 0.542. The minimum absolute atomic E-state index is 0.158. The number of imide groups is 1. The van der Waals surface area contributed by atoms with Gasteiger partial charge in [-0.3, -0.25) is 19.3 Å². The summed E-state index contributed by atoms with van der Waals surface area (Å²) in [7, 11) is 0. The summed E-state index contributed by atoms with van der Waals surface area (Å²) < 4.78 is 0. The van der Waals surface area contributed by atoms with E-state index in [-0.39, 0.29) is 29.7 Å². The number of halogens is 1. The number of hydrogen-bond acceptors (Lipinski definition) is 4. The van der Waals surface area contributed by atoms with E-state index in [0.29, 0.717) is 17.0 Å². The molecule has 0 radical (unpaired) electrons. The van der Waals surface area contributed by atoms with Crippen molar-refractivity contribution in [2.75, 3.05) is 4.90 Å². The molecule has 0 aromatic heterocycles. The largest absolute Gasteiger partial charge is 0.352 e. The molecule has 0 bridgehead atoms. The smallest absolute Gasteiger partial charge is 0.236 e. The van der Waals surface area contributed by atoms with E-state index < -0.39 is 17.9 Å². The van der Waals surface area contributed by atoms with E-state index in [9.17, 15) is 14.4 Å². The summed E-state index contributed by atoms with van der Waals surface area (Å²) in [5.41, 5.74) is 3.47. The van der Waals surface area contributed by atoms with Crippen LogP contribution in [0.15, 0.2) is 54.6 Å². The topological polar surface area (TPSA) is 57.7 Å². The molecule has 164 valence electrons. The first-order valence-electron chi connectivity index (χ1n) is 11.1. The first-order chi connectivity index (χ1) is 15.3. The summed E-state index contributed by atoms with van der Waals surface area (Å²) in [4.78, 5) is 44.4. The summed E-state index contributed by atoms with van der Waals surface area (Å²) in [6.45, 7) is 5.87. The van der Waals surface area contributed by atoms with Crippen LogP contribution in [0.4, 0.5) is 5.69 Å². The van der Waals surface area contributed by atoms with Gasteiger partial charge >= 0.3 is 0 Å². The molecule has 2 fully saturated rings. The number of Topliss-reactive ketones (excluding diaryl/α,β-unsaturated/α-hetero) is 1. The number of anilines is 1. The van der Waals surface area contributed by atoms with E-state index >= 15 is 0 Å². The van der Waals surface area contributed by atoms with Crippen LogP contribution < -0.4 is 4.90 Å². The van der Waals surface area contributed by atoms with Gasteiger partial charge in [-0.1, -0.05) is 42.8 Å². The number of fused-ring (bicyclic) bond motifs is 5. The van der Waals surface area contributed by atoms with Gasteiger partial charge in [-0.15, -0.1) is 0 Å².